The Kier molecular flexibility index (Phi) is 2.84. The van der Waals surface area contributed by atoms with Crippen LogP contribution in [0.15, 0.2) is 6.07 Å². The summed E-state index contributed by atoms with van der Waals surface area (Å²) in [5.41, 5.74) is 2.89. The molecule has 2 heterocycles. The molecule has 1 aliphatic carbocycles. The summed E-state index contributed by atoms with van der Waals surface area (Å²) in [4.78, 5) is 0. The minimum Gasteiger partial charge on any atom is -0.388 e. The summed E-state index contributed by atoms with van der Waals surface area (Å²) in [5.74, 6) is 0.497. The summed E-state index contributed by atoms with van der Waals surface area (Å²) in [6.07, 6.45) is 3.01. The molecule has 1 aromatic rings. The van der Waals surface area contributed by atoms with Crippen LogP contribution < -0.4 is 0 Å². The number of nitrogens with zero attached hydrogens (tertiary/aromatic N) is 1. The predicted octanol–water partition coefficient (Wildman–Crippen LogP) is 1.70. The Labute approximate surface area is 114 Å². The summed E-state index contributed by atoms with van der Waals surface area (Å²) in [6, 6.07) is 2.04. The molecule has 0 bridgehead atoms. The van der Waals surface area contributed by atoms with Crippen molar-refractivity contribution in [2.24, 2.45) is 0 Å². The normalized spacial score (nSPS) is 33.3. The second-order valence-corrected chi connectivity index (χ2v) is 8.45. The maximum absolute atomic E-state index is 11.8. The van der Waals surface area contributed by atoms with Crippen molar-refractivity contribution in [1.29, 1.82) is 0 Å². The maximum atomic E-state index is 11.8. The van der Waals surface area contributed by atoms with Crippen LogP contribution >= 0.6 is 0 Å². The lowest BCUT2D eigenvalue weighted by Crippen LogP contribution is -2.34. The van der Waals surface area contributed by atoms with Gasteiger partial charge < -0.3 is 9.67 Å². The number of sulfone groups is 1. The molecule has 0 spiro atoms. The first-order valence-corrected chi connectivity index (χ1v) is 8.75. The Balaban J connectivity index is 2.11. The van der Waals surface area contributed by atoms with Crippen LogP contribution in [-0.2, 0) is 21.8 Å². The molecular weight excluding hydrogens is 262 g/mol. The smallest absolute Gasteiger partial charge is 0.152 e. The predicted molar refractivity (Wildman–Crippen MR) is 74.0 cm³/mol. The van der Waals surface area contributed by atoms with Gasteiger partial charge in [0.15, 0.2) is 9.84 Å². The molecule has 3 rings (SSSR count). The highest BCUT2D eigenvalue weighted by Gasteiger charge is 2.42. The average molecular weight is 283 g/mol. The molecule has 2 unspecified atom stereocenters. The van der Waals surface area contributed by atoms with E-state index in [4.69, 9.17) is 0 Å². The van der Waals surface area contributed by atoms with Crippen molar-refractivity contribution in [3.8, 4) is 0 Å². The number of aromatic nitrogens is 1. The van der Waals surface area contributed by atoms with Gasteiger partial charge in [0.05, 0.1) is 23.1 Å². The highest BCUT2D eigenvalue weighted by Crippen LogP contribution is 2.39. The zero-order chi connectivity index (χ0) is 13.8. The van der Waals surface area contributed by atoms with Crippen LogP contribution in [0, 0.1) is 6.92 Å². The van der Waals surface area contributed by atoms with Crippen LogP contribution in [-0.4, -0.2) is 29.6 Å². The van der Waals surface area contributed by atoms with Gasteiger partial charge in [0.1, 0.15) is 0 Å². The average Bonchev–Trinajstić information content (AvgIpc) is 2.77. The van der Waals surface area contributed by atoms with Gasteiger partial charge in [-0.05, 0) is 45.6 Å². The van der Waals surface area contributed by atoms with Crippen LogP contribution in [0.4, 0.5) is 0 Å². The molecule has 19 heavy (non-hydrogen) atoms. The highest BCUT2D eigenvalue weighted by molar-refractivity contribution is 7.91. The van der Waals surface area contributed by atoms with Gasteiger partial charge in [0.2, 0.25) is 0 Å². The van der Waals surface area contributed by atoms with Crippen molar-refractivity contribution in [3.63, 3.8) is 0 Å². The van der Waals surface area contributed by atoms with E-state index in [0.29, 0.717) is 6.42 Å². The number of fused-ring (bicyclic) bond motifs is 1. The van der Waals surface area contributed by atoms with Crippen molar-refractivity contribution in [2.75, 3.05) is 11.5 Å². The van der Waals surface area contributed by atoms with E-state index in [0.717, 1.165) is 36.2 Å². The lowest BCUT2D eigenvalue weighted by atomic mass is 9.93. The fraction of sp³-hybridized carbons (Fsp3) is 0.714. The quantitative estimate of drug-likeness (QED) is 0.853. The second kappa shape index (κ2) is 4.09. The Morgan fingerprint density at radius 3 is 2.84 bits per heavy atom. The lowest BCUT2D eigenvalue weighted by molar-refractivity contribution is 0.154. The molecule has 1 saturated heterocycles. The molecule has 1 N–H and O–H groups in total. The Morgan fingerprint density at radius 1 is 1.47 bits per heavy atom. The first-order valence-electron chi connectivity index (χ1n) is 6.92. The number of aryl methyl sites for hydroxylation is 1. The maximum Gasteiger partial charge on any atom is 0.152 e. The fourth-order valence-corrected chi connectivity index (χ4v) is 5.92. The van der Waals surface area contributed by atoms with E-state index in [-0.39, 0.29) is 23.1 Å². The van der Waals surface area contributed by atoms with Crippen molar-refractivity contribution >= 4 is 9.84 Å². The molecule has 0 aromatic carbocycles. The molecule has 0 amide bonds. The third-order valence-corrected chi connectivity index (χ3v) is 6.48. The summed E-state index contributed by atoms with van der Waals surface area (Å²) in [6.45, 7) is 4.05. The molecule has 2 aliphatic rings. The Bertz CT molecular complexity index is 617. The first-order chi connectivity index (χ1) is 8.82. The molecule has 1 aromatic heterocycles. The number of hydrogen-bond acceptors (Lipinski definition) is 3. The molecular formula is C14H21NO3S. The van der Waals surface area contributed by atoms with Gasteiger partial charge >= 0.3 is 0 Å². The topological polar surface area (TPSA) is 59.3 Å². The molecule has 4 nitrogen and oxygen atoms in total. The Morgan fingerprint density at radius 2 is 2.21 bits per heavy atom. The van der Waals surface area contributed by atoms with Gasteiger partial charge in [-0.1, -0.05) is 0 Å². The van der Waals surface area contributed by atoms with Gasteiger partial charge in [0, 0.05) is 17.0 Å². The SMILES string of the molecule is Cc1cc2c(n1C1(C)CCS(=O)(=O)C1)CCCC2O. The van der Waals surface area contributed by atoms with Crippen LogP contribution in [0.1, 0.15) is 49.2 Å². The number of hydrogen-bond donors (Lipinski definition) is 1. The fourth-order valence-electron chi connectivity index (χ4n) is 3.80. The van der Waals surface area contributed by atoms with Crippen LogP contribution in [0.5, 0.6) is 0 Å². The van der Waals surface area contributed by atoms with E-state index in [9.17, 15) is 13.5 Å². The van der Waals surface area contributed by atoms with Crippen molar-refractivity contribution in [2.45, 2.75) is 51.2 Å². The zero-order valence-corrected chi connectivity index (χ0v) is 12.3. The van der Waals surface area contributed by atoms with Crippen molar-refractivity contribution in [1.82, 2.24) is 4.57 Å². The molecule has 5 heteroatoms. The largest absolute Gasteiger partial charge is 0.388 e. The van der Waals surface area contributed by atoms with Crippen LogP contribution in [0.3, 0.4) is 0 Å². The lowest BCUT2D eigenvalue weighted by Gasteiger charge is -2.31. The van der Waals surface area contributed by atoms with Crippen molar-refractivity contribution in [3.05, 3.63) is 23.0 Å². The van der Waals surface area contributed by atoms with E-state index in [1.54, 1.807) is 0 Å². The number of rotatable bonds is 1. The zero-order valence-electron chi connectivity index (χ0n) is 11.5. The van der Waals surface area contributed by atoms with Crippen LogP contribution in [0.2, 0.25) is 0 Å². The van der Waals surface area contributed by atoms with Gasteiger partial charge in [-0.2, -0.15) is 0 Å². The molecule has 0 saturated carbocycles. The van der Waals surface area contributed by atoms with Gasteiger partial charge in [-0.15, -0.1) is 0 Å². The second-order valence-electron chi connectivity index (χ2n) is 6.27. The monoisotopic (exact) mass is 283 g/mol. The van der Waals surface area contributed by atoms with E-state index in [1.807, 2.05) is 19.9 Å². The van der Waals surface area contributed by atoms with Crippen LogP contribution in [0.25, 0.3) is 0 Å². The van der Waals surface area contributed by atoms with E-state index in [2.05, 4.69) is 4.57 Å². The third-order valence-electron chi connectivity index (χ3n) is 4.59. The van der Waals surface area contributed by atoms with Gasteiger partial charge in [0.25, 0.3) is 0 Å². The Hall–Kier alpha value is -0.810. The highest BCUT2D eigenvalue weighted by atomic mass is 32.2. The summed E-state index contributed by atoms with van der Waals surface area (Å²) < 4.78 is 25.8. The van der Waals surface area contributed by atoms with E-state index >= 15 is 0 Å². The standard InChI is InChI=1S/C14H21NO3S/c1-10-8-11-12(4-3-5-13(11)16)15(10)14(2)6-7-19(17,18)9-14/h8,13,16H,3-7,9H2,1-2H3. The minimum absolute atomic E-state index is 0.220. The molecule has 1 fully saturated rings. The molecule has 2 atom stereocenters. The third kappa shape index (κ3) is 2.03. The van der Waals surface area contributed by atoms with Crippen molar-refractivity contribution < 1.29 is 13.5 Å². The molecule has 0 radical (unpaired) electrons. The van der Waals surface area contributed by atoms with E-state index < -0.39 is 9.84 Å². The van der Waals surface area contributed by atoms with E-state index in [1.165, 1.54) is 0 Å². The minimum atomic E-state index is -2.92. The first kappa shape index (κ1) is 13.2. The molecule has 1 aliphatic heterocycles. The summed E-state index contributed by atoms with van der Waals surface area (Å²) in [7, 11) is -2.92. The van der Waals surface area contributed by atoms with Gasteiger partial charge in [-0.25, -0.2) is 8.42 Å². The number of aliphatic hydroxyl groups is 1. The summed E-state index contributed by atoms with van der Waals surface area (Å²) >= 11 is 0. The van der Waals surface area contributed by atoms with Gasteiger partial charge in [-0.3, -0.25) is 0 Å². The molecule has 106 valence electrons. The number of aliphatic hydroxyl groups excluding tert-OH is 1. The summed E-state index contributed by atoms with van der Waals surface area (Å²) in [5, 5.41) is 10.1.